The van der Waals surface area contributed by atoms with E-state index in [0.29, 0.717) is 6.61 Å². The van der Waals surface area contributed by atoms with Crippen LogP contribution in [0.5, 0.6) is 11.5 Å². The summed E-state index contributed by atoms with van der Waals surface area (Å²) in [5.74, 6) is 0.0788. The van der Waals surface area contributed by atoms with Crippen LogP contribution in [0.25, 0.3) is 0 Å². The fourth-order valence-electron chi connectivity index (χ4n) is 3.75. The predicted octanol–water partition coefficient (Wildman–Crippen LogP) is 6.34. The molecule has 0 aromatic heterocycles. The molecule has 170 valence electrons. The van der Waals surface area contributed by atoms with Gasteiger partial charge in [0.25, 0.3) is 0 Å². The molecular formula is C27H38O4. The van der Waals surface area contributed by atoms with Gasteiger partial charge < -0.3 is 14.9 Å². The number of phenols is 2. The zero-order valence-corrected chi connectivity index (χ0v) is 20.3. The molecule has 2 rings (SSSR count). The van der Waals surface area contributed by atoms with Gasteiger partial charge in [0.2, 0.25) is 0 Å². The topological polar surface area (TPSA) is 66.8 Å². The average Bonchev–Trinajstić information content (AvgIpc) is 2.66. The van der Waals surface area contributed by atoms with Crippen LogP contribution in [0.15, 0.2) is 36.4 Å². The Morgan fingerprint density at radius 3 is 1.58 bits per heavy atom. The lowest BCUT2D eigenvalue weighted by atomic mass is 9.72. The number of rotatable bonds is 6. The Labute approximate surface area is 187 Å². The van der Waals surface area contributed by atoms with Crippen LogP contribution < -0.4 is 0 Å². The number of hydrogen-bond acceptors (Lipinski definition) is 4. The first kappa shape index (κ1) is 24.8. The second kappa shape index (κ2) is 8.94. The molecule has 2 aromatic rings. The molecule has 2 aromatic carbocycles. The average molecular weight is 427 g/mol. The van der Waals surface area contributed by atoms with E-state index < -0.39 is 5.41 Å². The summed E-state index contributed by atoms with van der Waals surface area (Å²) < 4.78 is 5.70. The fourth-order valence-corrected chi connectivity index (χ4v) is 3.75. The van der Waals surface area contributed by atoms with Crippen LogP contribution in [0.1, 0.15) is 90.5 Å². The SMILES string of the molecule is CCCCOC(=O)C(C)(c1ccc(O)c(C(C)(C)C)c1)c1ccc(O)c(C(C)(C)C)c1. The Kier molecular flexibility index (Phi) is 7.14. The van der Waals surface area contributed by atoms with Crippen molar-refractivity contribution >= 4 is 5.97 Å². The summed E-state index contributed by atoms with van der Waals surface area (Å²) in [6.07, 6.45) is 1.73. The highest BCUT2D eigenvalue weighted by Crippen LogP contribution is 2.41. The van der Waals surface area contributed by atoms with Crippen molar-refractivity contribution in [2.75, 3.05) is 6.61 Å². The lowest BCUT2D eigenvalue weighted by Gasteiger charge is -2.32. The number of esters is 1. The highest BCUT2D eigenvalue weighted by atomic mass is 16.5. The first-order valence-corrected chi connectivity index (χ1v) is 11.1. The van der Waals surface area contributed by atoms with Gasteiger partial charge in [-0.05, 0) is 58.6 Å². The van der Waals surface area contributed by atoms with Crippen molar-refractivity contribution < 1.29 is 19.7 Å². The van der Waals surface area contributed by atoms with E-state index >= 15 is 0 Å². The first-order chi connectivity index (χ1) is 14.2. The van der Waals surface area contributed by atoms with Gasteiger partial charge in [0, 0.05) is 0 Å². The van der Waals surface area contributed by atoms with Crippen molar-refractivity contribution in [2.24, 2.45) is 0 Å². The third-order valence-corrected chi connectivity index (χ3v) is 5.90. The summed E-state index contributed by atoms with van der Waals surface area (Å²) in [4.78, 5) is 13.5. The minimum atomic E-state index is -1.09. The van der Waals surface area contributed by atoms with Gasteiger partial charge in [-0.1, -0.05) is 79.2 Å². The van der Waals surface area contributed by atoms with Gasteiger partial charge in [-0.25, -0.2) is 0 Å². The maximum absolute atomic E-state index is 13.5. The second-order valence-corrected chi connectivity index (χ2v) is 10.6. The molecule has 0 bridgehead atoms. The predicted molar refractivity (Wildman–Crippen MR) is 126 cm³/mol. The van der Waals surface area contributed by atoms with E-state index in [1.54, 1.807) is 24.3 Å². The molecule has 0 saturated heterocycles. The van der Waals surface area contributed by atoms with Crippen LogP contribution in [0.2, 0.25) is 0 Å². The molecule has 4 nitrogen and oxygen atoms in total. The highest BCUT2D eigenvalue weighted by molar-refractivity contribution is 5.87. The Bertz CT molecular complexity index is 866. The summed E-state index contributed by atoms with van der Waals surface area (Å²) >= 11 is 0. The molecule has 0 fully saturated rings. The molecule has 0 unspecified atom stereocenters. The highest BCUT2D eigenvalue weighted by Gasteiger charge is 2.40. The number of benzene rings is 2. The van der Waals surface area contributed by atoms with Gasteiger partial charge in [0.1, 0.15) is 16.9 Å². The van der Waals surface area contributed by atoms with Crippen LogP contribution in [0.4, 0.5) is 0 Å². The van der Waals surface area contributed by atoms with Crippen molar-refractivity contribution in [3.8, 4) is 11.5 Å². The van der Waals surface area contributed by atoms with Crippen molar-refractivity contribution in [2.45, 2.75) is 84.5 Å². The Morgan fingerprint density at radius 2 is 1.23 bits per heavy atom. The molecule has 4 heteroatoms. The van der Waals surface area contributed by atoms with Gasteiger partial charge in [-0.3, -0.25) is 4.79 Å². The van der Waals surface area contributed by atoms with Gasteiger partial charge in [-0.2, -0.15) is 0 Å². The summed E-state index contributed by atoms with van der Waals surface area (Å²) in [6, 6.07) is 10.7. The summed E-state index contributed by atoms with van der Waals surface area (Å²) in [6.45, 7) is 16.4. The van der Waals surface area contributed by atoms with Gasteiger partial charge in [-0.15, -0.1) is 0 Å². The quantitative estimate of drug-likeness (QED) is 0.418. The first-order valence-electron chi connectivity index (χ1n) is 11.1. The number of unbranched alkanes of at least 4 members (excludes halogenated alkanes) is 1. The molecule has 0 atom stereocenters. The van der Waals surface area contributed by atoms with Crippen LogP contribution in [0, 0.1) is 0 Å². The lowest BCUT2D eigenvalue weighted by Crippen LogP contribution is -2.36. The Hall–Kier alpha value is -2.49. The molecule has 0 radical (unpaired) electrons. The van der Waals surface area contributed by atoms with Gasteiger partial charge in [0.05, 0.1) is 6.61 Å². The van der Waals surface area contributed by atoms with Crippen molar-refractivity contribution in [3.63, 3.8) is 0 Å². The zero-order valence-electron chi connectivity index (χ0n) is 20.3. The van der Waals surface area contributed by atoms with Crippen LogP contribution in [0.3, 0.4) is 0 Å². The van der Waals surface area contributed by atoms with Crippen molar-refractivity contribution in [1.29, 1.82) is 0 Å². The minimum Gasteiger partial charge on any atom is -0.508 e. The number of hydrogen-bond donors (Lipinski definition) is 2. The van der Waals surface area contributed by atoms with E-state index in [-0.39, 0.29) is 28.3 Å². The summed E-state index contributed by atoms with van der Waals surface area (Å²) in [7, 11) is 0. The minimum absolute atomic E-state index is 0.207. The second-order valence-electron chi connectivity index (χ2n) is 10.6. The molecule has 0 aliphatic heterocycles. The Morgan fingerprint density at radius 1 is 0.806 bits per heavy atom. The smallest absolute Gasteiger partial charge is 0.320 e. The van der Waals surface area contributed by atoms with Crippen LogP contribution in [-0.2, 0) is 25.8 Å². The Balaban J connectivity index is 2.74. The number of aromatic hydroxyl groups is 2. The molecule has 0 saturated carbocycles. The normalized spacial score (nSPS) is 12.6. The molecule has 0 heterocycles. The summed E-state index contributed by atoms with van der Waals surface area (Å²) in [5.41, 5.74) is 1.37. The molecule has 0 aliphatic rings. The zero-order chi connectivity index (χ0) is 23.6. The third-order valence-electron chi connectivity index (χ3n) is 5.90. The molecule has 0 amide bonds. The molecular weight excluding hydrogens is 388 g/mol. The third kappa shape index (κ3) is 5.23. The van der Waals surface area contributed by atoms with Gasteiger partial charge in [0.15, 0.2) is 0 Å². The van der Waals surface area contributed by atoms with Crippen LogP contribution >= 0.6 is 0 Å². The van der Waals surface area contributed by atoms with Crippen LogP contribution in [-0.4, -0.2) is 22.8 Å². The lowest BCUT2D eigenvalue weighted by molar-refractivity contribution is -0.148. The van der Waals surface area contributed by atoms with Crippen molar-refractivity contribution in [3.05, 3.63) is 58.7 Å². The van der Waals surface area contributed by atoms with E-state index in [0.717, 1.165) is 35.1 Å². The van der Waals surface area contributed by atoms with E-state index in [9.17, 15) is 15.0 Å². The monoisotopic (exact) mass is 426 g/mol. The standard InChI is InChI=1S/C27H38O4/c1-9-10-15-31-24(30)27(8,18-11-13-22(28)20(16-18)25(2,3)4)19-12-14-23(29)21(17-19)26(5,6)7/h11-14,16-17,28-29H,9-10,15H2,1-8H3. The molecule has 0 aliphatic carbocycles. The maximum Gasteiger partial charge on any atom is 0.320 e. The number of carbonyl (C=O) groups is 1. The fraction of sp³-hybridized carbons (Fsp3) is 0.519. The van der Waals surface area contributed by atoms with Gasteiger partial charge >= 0.3 is 5.97 Å². The van der Waals surface area contributed by atoms with E-state index in [2.05, 4.69) is 6.92 Å². The number of ether oxygens (including phenoxy) is 1. The number of phenolic OH excluding ortho intramolecular Hbond substituents is 2. The van der Waals surface area contributed by atoms with E-state index in [1.165, 1.54) is 0 Å². The molecule has 2 N–H and O–H groups in total. The number of carbonyl (C=O) groups excluding carboxylic acids is 1. The summed E-state index contributed by atoms with van der Waals surface area (Å²) in [5, 5.41) is 20.9. The van der Waals surface area contributed by atoms with E-state index in [4.69, 9.17) is 4.74 Å². The maximum atomic E-state index is 13.5. The molecule has 0 spiro atoms. The largest absolute Gasteiger partial charge is 0.508 e. The van der Waals surface area contributed by atoms with E-state index in [1.807, 2.05) is 60.6 Å². The molecule has 31 heavy (non-hydrogen) atoms. The van der Waals surface area contributed by atoms with Crippen molar-refractivity contribution in [1.82, 2.24) is 0 Å².